The number of thioether (sulfide) groups is 1. The summed E-state index contributed by atoms with van der Waals surface area (Å²) >= 11 is 1.01. The molecule has 2 aromatic carbocycles. The Balaban J connectivity index is 2.39. The highest BCUT2D eigenvalue weighted by Gasteiger charge is 2.36. The molecule has 23 heavy (non-hydrogen) atoms. The molecule has 0 amide bonds. The first-order valence-corrected chi connectivity index (χ1v) is 7.45. The van der Waals surface area contributed by atoms with E-state index >= 15 is 0 Å². The average Bonchev–Trinajstić information content (AvgIpc) is 2.47. The average molecular weight is 342 g/mol. The number of benzene rings is 2. The molecular formula is C15H13F3N2O2S. The summed E-state index contributed by atoms with van der Waals surface area (Å²) in [4.78, 5) is 10.9. The summed E-state index contributed by atoms with van der Waals surface area (Å²) < 4.78 is 39.4. The van der Waals surface area contributed by atoms with E-state index in [0.29, 0.717) is 10.6 Å². The second-order valence-corrected chi connectivity index (χ2v) is 6.05. The monoisotopic (exact) mass is 342 g/mol. The number of nitrogens with two attached hydrogens (primary N) is 1. The van der Waals surface area contributed by atoms with Crippen molar-refractivity contribution in [1.82, 2.24) is 0 Å². The molecule has 0 aliphatic rings. The Bertz CT molecular complexity index is 690. The number of nitro groups is 1. The number of nitrogen functional groups attached to an aromatic ring is 1. The Morgan fingerprint density at radius 1 is 1.13 bits per heavy atom. The first kappa shape index (κ1) is 17.1. The van der Waals surface area contributed by atoms with Gasteiger partial charge in [0.2, 0.25) is 6.54 Å². The predicted octanol–water partition coefficient (Wildman–Crippen LogP) is 4.40. The first-order valence-electron chi connectivity index (χ1n) is 6.57. The molecule has 0 saturated carbocycles. The van der Waals surface area contributed by atoms with Gasteiger partial charge in [0, 0.05) is 15.5 Å². The zero-order valence-corrected chi connectivity index (χ0v) is 12.6. The van der Waals surface area contributed by atoms with Crippen LogP contribution in [-0.4, -0.2) is 11.5 Å². The van der Waals surface area contributed by atoms with E-state index in [0.717, 1.165) is 17.8 Å². The van der Waals surface area contributed by atoms with Gasteiger partial charge in [0.05, 0.1) is 10.8 Å². The maximum atomic E-state index is 13.1. The molecule has 2 N–H and O–H groups in total. The van der Waals surface area contributed by atoms with Gasteiger partial charge in [-0.2, -0.15) is 13.2 Å². The van der Waals surface area contributed by atoms with Gasteiger partial charge in [0.1, 0.15) is 0 Å². The molecule has 0 spiro atoms. The molecule has 0 saturated heterocycles. The number of alkyl halides is 3. The minimum Gasteiger partial charge on any atom is -0.399 e. The van der Waals surface area contributed by atoms with Crippen molar-refractivity contribution in [2.45, 2.75) is 16.3 Å². The van der Waals surface area contributed by atoms with Gasteiger partial charge in [-0.3, -0.25) is 10.1 Å². The number of hydrogen-bond donors (Lipinski definition) is 1. The molecule has 0 aliphatic heterocycles. The van der Waals surface area contributed by atoms with Crippen molar-refractivity contribution in [3.63, 3.8) is 0 Å². The predicted molar refractivity (Wildman–Crippen MR) is 82.8 cm³/mol. The lowest BCUT2D eigenvalue weighted by molar-refractivity contribution is -0.479. The Kier molecular flexibility index (Phi) is 5.15. The fraction of sp³-hybridized carbons (Fsp3) is 0.200. The Hall–Kier alpha value is -2.22. The van der Waals surface area contributed by atoms with Crippen molar-refractivity contribution in [1.29, 1.82) is 0 Å². The standard InChI is InChI=1S/C15H13F3N2O2S/c16-15(17,18)13-4-2-1-3-12(13)14(9-20(21)22)23-11-7-5-10(19)6-8-11/h1-8,14H,9,19H2/t14-/m1/s1. The fourth-order valence-electron chi connectivity index (χ4n) is 2.08. The smallest absolute Gasteiger partial charge is 0.399 e. The second-order valence-electron chi connectivity index (χ2n) is 4.78. The molecule has 0 aromatic heterocycles. The van der Waals surface area contributed by atoms with Crippen LogP contribution < -0.4 is 5.73 Å². The molecule has 4 nitrogen and oxygen atoms in total. The zero-order chi connectivity index (χ0) is 17.0. The van der Waals surface area contributed by atoms with Gasteiger partial charge in [-0.05, 0) is 35.9 Å². The van der Waals surface area contributed by atoms with Gasteiger partial charge in [-0.15, -0.1) is 11.8 Å². The van der Waals surface area contributed by atoms with Crippen LogP contribution in [-0.2, 0) is 6.18 Å². The molecule has 0 heterocycles. The van der Waals surface area contributed by atoms with Crippen molar-refractivity contribution in [3.8, 4) is 0 Å². The molecule has 2 aromatic rings. The Labute approximate surface area is 134 Å². The molecule has 8 heteroatoms. The van der Waals surface area contributed by atoms with Crippen LogP contribution in [0.1, 0.15) is 16.4 Å². The van der Waals surface area contributed by atoms with E-state index in [2.05, 4.69) is 0 Å². The third kappa shape index (κ3) is 4.62. The zero-order valence-electron chi connectivity index (χ0n) is 11.8. The van der Waals surface area contributed by atoms with E-state index in [1.807, 2.05) is 0 Å². The number of nitrogens with zero attached hydrogens (tertiary/aromatic N) is 1. The normalized spacial score (nSPS) is 12.8. The van der Waals surface area contributed by atoms with Crippen LogP contribution in [0, 0.1) is 10.1 Å². The minimum absolute atomic E-state index is 0.0986. The molecule has 0 unspecified atom stereocenters. The van der Waals surface area contributed by atoms with Gasteiger partial charge >= 0.3 is 6.18 Å². The highest BCUT2D eigenvalue weighted by Crippen LogP contribution is 2.42. The van der Waals surface area contributed by atoms with Crippen LogP contribution in [0.25, 0.3) is 0 Å². The highest BCUT2D eigenvalue weighted by atomic mass is 32.2. The van der Waals surface area contributed by atoms with Crippen molar-refractivity contribution >= 4 is 17.4 Å². The van der Waals surface area contributed by atoms with Gasteiger partial charge in [-0.1, -0.05) is 18.2 Å². The Morgan fingerprint density at radius 2 is 1.74 bits per heavy atom. The Morgan fingerprint density at radius 3 is 2.30 bits per heavy atom. The van der Waals surface area contributed by atoms with Crippen LogP contribution in [0.5, 0.6) is 0 Å². The molecule has 0 fully saturated rings. The summed E-state index contributed by atoms with van der Waals surface area (Å²) in [5.41, 5.74) is 5.12. The van der Waals surface area contributed by atoms with Gasteiger partial charge in [0.15, 0.2) is 0 Å². The van der Waals surface area contributed by atoms with Crippen LogP contribution in [0.3, 0.4) is 0 Å². The molecule has 0 aliphatic carbocycles. The van der Waals surface area contributed by atoms with Crippen molar-refractivity contribution in [2.24, 2.45) is 0 Å². The molecule has 2 rings (SSSR count). The summed E-state index contributed by atoms with van der Waals surface area (Å²) in [7, 11) is 0. The van der Waals surface area contributed by atoms with Crippen LogP contribution >= 0.6 is 11.8 Å². The fourth-order valence-corrected chi connectivity index (χ4v) is 3.23. The molecule has 0 radical (unpaired) electrons. The van der Waals surface area contributed by atoms with Crippen molar-refractivity contribution in [2.75, 3.05) is 12.3 Å². The van der Waals surface area contributed by atoms with Gasteiger partial charge in [-0.25, -0.2) is 0 Å². The SMILES string of the molecule is Nc1ccc(S[C@H](C[N+](=O)[O-])c2ccccc2C(F)(F)F)cc1. The van der Waals surface area contributed by atoms with E-state index < -0.39 is 28.5 Å². The lowest BCUT2D eigenvalue weighted by atomic mass is 10.0. The summed E-state index contributed by atoms with van der Waals surface area (Å²) in [6.45, 7) is -0.609. The van der Waals surface area contributed by atoms with Crippen molar-refractivity contribution in [3.05, 3.63) is 69.8 Å². The van der Waals surface area contributed by atoms with E-state index in [1.54, 1.807) is 24.3 Å². The quantitative estimate of drug-likeness (QED) is 0.378. The third-order valence-corrected chi connectivity index (χ3v) is 4.32. The molecule has 0 bridgehead atoms. The highest BCUT2D eigenvalue weighted by molar-refractivity contribution is 7.99. The van der Waals surface area contributed by atoms with Crippen molar-refractivity contribution < 1.29 is 18.1 Å². The third-order valence-electron chi connectivity index (χ3n) is 3.09. The van der Waals surface area contributed by atoms with Crippen LogP contribution in [0.4, 0.5) is 18.9 Å². The van der Waals surface area contributed by atoms with E-state index in [9.17, 15) is 23.3 Å². The summed E-state index contributed by atoms with van der Waals surface area (Å²) in [5.74, 6) is 0. The van der Waals surface area contributed by atoms with E-state index in [-0.39, 0.29) is 5.56 Å². The number of anilines is 1. The van der Waals surface area contributed by atoms with Crippen LogP contribution in [0.15, 0.2) is 53.4 Å². The maximum Gasteiger partial charge on any atom is 0.416 e. The summed E-state index contributed by atoms with van der Waals surface area (Å²) in [6.07, 6.45) is -4.56. The molecule has 122 valence electrons. The number of hydrogen-bond acceptors (Lipinski definition) is 4. The first-order chi connectivity index (χ1) is 10.8. The topological polar surface area (TPSA) is 69.2 Å². The van der Waals surface area contributed by atoms with E-state index in [4.69, 9.17) is 5.73 Å². The van der Waals surface area contributed by atoms with Gasteiger partial charge < -0.3 is 5.73 Å². The van der Waals surface area contributed by atoms with Crippen LogP contribution in [0.2, 0.25) is 0 Å². The summed E-state index contributed by atoms with van der Waals surface area (Å²) in [5, 5.41) is 9.93. The summed E-state index contributed by atoms with van der Waals surface area (Å²) in [6, 6.07) is 11.4. The minimum atomic E-state index is -4.56. The van der Waals surface area contributed by atoms with Gasteiger partial charge in [0.25, 0.3) is 0 Å². The second kappa shape index (κ2) is 6.91. The maximum absolute atomic E-state index is 13.1. The molecule has 1 atom stereocenters. The largest absolute Gasteiger partial charge is 0.416 e. The molecular weight excluding hydrogens is 329 g/mol. The van der Waals surface area contributed by atoms with E-state index in [1.165, 1.54) is 18.2 Å². The lowest BCUT2D eigenvalue weighted by Crippen LogP contribution is -2.16. The number of rotatable bonds is 5. The number of halogens is 3. The lowest BCUT2D eigenvalue weighted by Gasteiger charge is -2.18.